The van der Waals surface area contributed by atoms with Gasteiger partial charge in [0.2, 0.25) is 5.91 Å². The first-order chi connectivity index (χ1) is 24.5. The number of allylic oxidation sites excluding steroid dienone is 8. The van der Waals surface area contributed by atoms with Crippen molar-refractivity contribution in [1.29, 1.82) is 0 Å². The van der Waals surface area contributed by atoms with E-state index in [-0.39, 0.29) is 17.6 Å². The van der Waals surface area contributed by atoms with Gasteiger partial charge < -0.3 is 10.2 Å². The van der Waals surface area contributed by atoms with Crippen LogP contribution in [0.4, 0.5) is 14.5 Å². The number of hydrogen-bond donors (Lipinski definition) is 1. The summed E-state index contributed by atoms with van der Waals surface area (Å²) in [6.45, 7) is 31.8. The predicted molar refractivity (Wildman–Crippen MR) is 222 cm³/mol. The molecule has 1 aromatic rings. The fourth-order valence-electron chi connectivity index (χ4n) is 6.05. The Morgan fingerprint density at radius 2 is 1.65 bits per heavy atom. The molecule has 0 bridgehead atoms. The third kappa shape index (κ3) is 13.7. The Labute approximate surface area is 316 Å². The van der Waals surface area contributed by atoms with E-state index in [1.165, 1.54) is 44.6 Å². The molecule has 0 saturated heterocycles. The van der Waals surface area contributed by atoms with Gasteiger partial charge in [-0.2, -0.15) is 0 Å². The largest absolute Gasteiger partial charge is 0.356 e. The van der Waals surface area contributed by atoms with Gasteiger partial charge in [-0.3, -0.25) is 14.8 Å². The van der Waals surface area contributed by atoms with Crippen LogP contribution in [0, 0.1) is 11.8 Å². The molecule has 5 nitrogen and oxygen atoms in total. The van der Waals surface area contributed by atoms with E-state index in [9.17, 15) is 13.6 Å². The minimum atomic E-state index is -1.15. The van der Waals surface area contributed by atoms with Crippen LogP contribution < -0.4 is 10.2 Å². The summed E-state index contributed by atoms with van der Waals surface area (Å²) in [5.41, 5.74) is 4.37. The highest BCUT2D eigenvalue weighted by Crippen LogP contribution is 2.47. The standard InChI is InChI=1S/C34H44F2N4O.C7H16.C4H10/c1-10-13-25-17-27(18-25)40-30-19-26(20-38-32(30)34(8,9)33(40)41)21(4)16-29(37-15-12-3)22(5)24(7)39-28(14-11-2)31(36)23(6)35;1-3-5-7-6-4-2;1-4(2)3/h11,14-16,19-20,25,27,39H,4,6,10,12-13,17-18H2,1-3,5,7-9H3;3-7H2,1-2H3;4H,1-3H3/b14-11-,24-22+,29-16+,31-28-,37-15?;;. The number of carbonyl (C=O) groups excluding carboxylic acids is 1. The molecule has 1 N–H and O–H groups in total. The van der Waals surface area contributed by atoms with Crippen LogP contribution >= 0.6 is 0 Å². The van der Waals surface area contributed by atoms with Crippen molar-refractivity contribution >= 4 is 23.4 Å². The summed E-state index contributed by atoms with van der Waals surface area (Å²) in [6, 6.07) is 2.21. The summed E-state index contributed by atoms with van der Waals surface area (Å²) in [7, 11) is 0. The van der Waals surface area contributed by atoms with Crippen molar-refractivity contribution in [3.05, 3.63) is 89.2 Å². The number of rotatable bonds is 16. The maximum atomic E-state index is 14.4. The maximum absolute atomic E-state index is 14.4. The van der Waals surface area contributed by atoms with Crippen LogP contribution in [0.5, 0.6) is 0 Å². The number of pyridine rings is 1. The first kappa shape index (κ1) is 46.4. The van der Waals surface area contributed by atoms with E-state index < -0.39 is 17.1 Å². The summed E-state index contributed by atoms with van der Waals surface area (Å²) in [6.07, 6.45) is 20.6. The second-order valence-electron chi connectivity index (χ2n) is 15.2. The molecule has 1 aliphatic heterocycles. The zero-order valence-electron chi connectivity index (χ0n) is 34.7. The maximum Gasteiger partial charge on any atom is 0.239 e. The molecule has 1 saturated carbocycles. The van der Waals surface area contributed by atoms with Crippen molar-refractivity contribution in [3.63, 3.8) is 0 Å². The van der Waals surface area contributed by atoms with Crippen molar-refractivity contribution in [3.8, 4) is 0 Å². The fraction of sp³-hybridized carbons (Fsp3) is 0.578. The number of nitrogens with one attached hydrogen (secondary N) is 1. The Balaban J connectivity index is 0.00000107. The van der Waals surface area contributed by atoms with E-state index in [2.05, 4.69) is 65.0 Å². The average molecular weight is 721 g/mol. The number of carbonyl (C=O) groups is 1. The van der Waals surface area contributed by atoms with Gasteiger partial charge in [0, 0.05) is 29.7 Å². The molecule has 1 aromatic heterocycles. The van der Waals surface area contributed by atoms with E-state index in [1.54, 1.807) is 32.3 Å². The predicted octanol–water partition coefficient (Wildman–Crippen LogP) is 13.4. The highest BCUT2D eigenvalue weighted by molar-refractivity contribution is 6.07. The fourth-order valence-corrected chi connectivity index (χ4v) is 6.05. The number of hydrogen-bond acceptors (Lipinski definition) is 4. The van der Waals surface area contributed by atoms with Crippen molar-refractivity contribution in [2.45, 2.75) is 159 Å². The second kappa shape index (κ2) is 23.1. The molecule has 290 valence electrons. The summed E-state index contributed by atoms with van der Waals surface area (Å²) in [4.78, 5) is 24.9. The van der Waals surface area contributed by atoms with Crippen molar-refractivity contribution in [2.75, 3.05) is 4.90 Å². The number of unbranched alkanes of at least 4 members (excludes halogenated alkanes) is 4. The summed E-state index contributed by atoms with van der Waals surface area (Å²) in [5, 5.41) is 2.96. The van der Waals surface area contributed by atoms with Crippen LogP contribution in [-0.4, -0.2) is 23.1 Å². The Hall–Kier alpha value is -3.61. The van der Waals surface area contributed by atoms with E-state index in [1.807, 2.05) is 44.7 Å². The van der Waals surface area contributed by atoms with Gasteiger partial charge in [-0.25, -0.2) is 8.78 Å². The summed E-state index contributed by atoms with van der Waals surface area (Å²) in [5.74, 6) is -0.600. The van der Waals surface area contributed by atoms with Crippen LogP contribution in [0.3, 0.4) is 0 Å². The second-order valence-corrected chi connectivity index (χ2v) is 15.2. The highest BCUT2D eigenvalue weighted by Gasteiger charge is 2.50. The number of halogens is 2. The Kier molecular flexibility index (Phi) is 20.7. The Morgan fingerprint density at radius 1 is 1.06 bits per heavy atom. The van der Waals surface area contributed by atoms with E-state index in [0.29, 0.717) is 22.9 Å². The average Bonchev–Trinajstić information content (AvgIpc) is 3.27. The zero-order valence-corrected chi connectivity index (χ0v) is 34.7. The molecule has 2 aliphatic rings. The molecular formula is C45H70F2N4O. The highest BCUT2D eigenvalue weighted by atomic mass is 19.2. The number of anilines is 1. The first-order valence-corrected chi connectivity index (χ1v) is 19.6. The van der Waals surface area contributed by atoms with Gasteiger partial charge in [0.05, 0.1) is 28.2 Å². The van der Waals surface area contributed by atoms with Crippen LogP contribution in [0.2, 0.25) is 0 Å². The van der Waals surface area contributed by atoms with Gasteiger partial charge in [0.15, 0.2) is 11.7 Å². The number of aliphatic imine (C=N–C) groups is 1. The lowest BCUT2D eigenvalue weighted by atomic mass is 9.76. The lowest BCUT2D eigenvalue weighted by Crippen LogP contribution is -2.49. The monoisotopic (exact) mass is 721 g/mol. The van der Waals surface area contributed by atoms with Gasteiger partial charge in [-0.1, -0.05) is 113 Å². The third-order valence-electron chi connectivity index (χ3n) is 9.12. The van der Waals surface area contributed by atoms with Crippen molar-refractivity contribution in [1.82, 2.24) is 10.3 Å². The van der Waals surface area contributed by atoms with Crippen LogP contribution in [0.25, 0.3) is 5.57 Å². The number of amides is 1. The minimum absolute atomic E-state index is 0.0261. The van der Waals surface area contributed by atoms with E-state index in [4.69, 9.17) is 4.98 Å². The normalized spacial score (nSPS) is 18.9. The molecule has 52 heavy (non-hydrogen) atoms. The molecule has 0 unspecified atom stereocenters. The van der Waals surface area contributed by atoms with Crippen LogP contribution in [0.15, 0.2) is 83.0 Å². The molecule has 3 rings (SSSR count). The number of fused-ring (bicyclic) bond motifs is 1. The quantitative estimate of drug-likeness (QED) is 0.105. The Bertz CT molecular complexity index is 1480. The SMILES string of the molecule is C=C(F)/C(F)=C(\C=C/C)N/C(C)=C(C)/C(=C\C(=C)c1cnc2c(c1)N(C1CC(CCC)C1)C(=O)C2(C)C)N=CCC.CC(C)C.CCCCCCC. The molecule has 7 heteroatoms. The molecule has 1 amide bonds. The van der Waals surface area contributed by atoms with Gasteiger partial charge in [0.25, 0.3) is 0 Å². The Morgan fingerprint density at radius 3 is 2.15 bits per heavy atom. The van der Waals surface area contributed by atoms with Crippen LogP contribution in [-0.2, 0) is 10.2 Å². The number of nitrogens with zero attached hydrogens (tertiary/aromatic N) is 3. The first-order valence-electron chi connectivity index (χ1n) is 19.6. The number of aromatic nitrogens is 1. The molecule has 0 atom stereocenters. The molecule has 2 heterocycles. The van der Waals surface area contributed by atoms with Gasteiger partial charge in [-0.15, -0.1) is 0 Å². The smallest absolute Gasteiger partial charge is 0.239 e. The van der Waals surface area contributed by atoms with Gasteiger partial charge in [-0.05, 0) is 95.1 Å². The van der Waals surface area contributed by atoms with Crippen molar-refractivity contribution in [2.24, 2.45) is 16.8 Å². The molecule has 0 radical (unpaired) electrons. The molecule has 0 aromatic carbocycles. The lowest BCUT2D eigenvalue weighted by Gasteiger charge is -2.42. The topological polar surface area (TPSA) is 57.6 Å². The van der Waals surface area contributed by atoms with E-state index >= 15 is 0 Å². The van der Waals surface area contributed by atoms with Gasteiger partial charge >= 0.3 is 0 Å². The molecule has 0 spiro atoms. The minimum Gasteiger partial charge on any atom is -0.356 e. The summed E-state index contributed by atoms with van der Waals surface area (Å²) >= 11 is 0. The lowest BCUT2D eigenvalue weighted by molar-refractivity contribution is -0.123. The third-order valence-corrected chi connectivity index (χ3v) is 9.12. The molecule has 1 fully saturated rings. The molecule has 1 aliphatic carbocycles. The zero-order chi connectivity index (χ0) is 39.6. The summed E-state index contributed by atoms with van der Waals surface area (Å²) < 4.78 is 27.9. The molecular weight excluding hydrogens is 651 g/mol. The van der Waals surface area contributed by atoms with E-state index in [0.717, 1.165) is 54.1 Å². The van der Waals surface area contributed by atoms with Crippen LogP contribution in [0.1, 0.15) is 159 Å². The van der Waals surface area contributed by atoms with Gasteiger partial charge in [0.1, 0.15) is 0 Å². The van der Waals surface area contributed by atoms with Crippen molar-refractivity contribution < 1.29 is 13.6 Å².